The molecule has 1 N–H and O–H groups in total. The number of methoxy groups -OCH3 is 1. The lowest BCUT2D eigenvalue weighted by Gasteiger charge is -2.30. The summed E-state index contributed by atoms with van der Waals surface area (Å²) in [5.74, 6) is 0.675. The SMILES string of the molecule is COc1cccc(C(CNC(=O)c2ccc(Cl)c(S(=O)(=O)N3CCCC(C)C3)c2)N(C)C)c1. The zero-order chi connectivity index (χ0) is 24.2. The van der Waals surface area contributed by atoms with Gasteiger partial charge in [0.2, 0.25) is 10.0 Å². The molecule has 0 spiro atoms. The Morgan fingerprint density at radius 1 is 1.27 bits per heavy atom. The van der Waals surface area contributed by atoms with Gasteiger partial charge < -0.3 is 15.0 Å². The molecule has 7 nitrogen and oxygen atoms in total. The van der Waals surface area contributed by atoms with Crippen molar-refractivity contribution in [2.75, 3.05) is 40.8 Å². The minimum absolute atomic E-state index is 0.0251. The highest BCUT2D eigenvalue weighted by Crippen LogP contribution is 2.29. The van der Waals surface area contributed by atoms with Gasteiger partial charge in [0.1, 0.15) is 10.6 Å². The second-order valence-electron chi connectivity index (χ2n) is 8.72. The predicted octanol–water partition coefficient (Wildman–Crippen LogP) is 3.80. The molecule has 1 aliphatic heterocycles. The van der Waals surface area contributed by atoms with Crippen molar-refractivity contribution in [2.24, 2.45) is 5.92 Å². The topological polar surface area (TPSA) is 78.9 Å². The molecule has 0 radical (unpaired) electrons. The van der Waals surface area contributed by atoms with Crippen LogP contribution in [0.4, 0.5) is 0 Å². The zero-order valence-electron chi connectivity index (χ0n) is 19.5. The molecule has 0 saturated carbocycles. The Labute approximate surface area is 201 Å². The molecule has 2 aromatic carbocycles. The number of carbonyl (C=O) groups excluding carboxylic acids is 1. The molecule has 1 aliphatic rings. The number of benzene rings is 2. The highest BCUT2D eigenvalue weighted by Gasteiger charge is 2.31. The van der Waals surface area contributed by atoms with E-state index in [1.165, 1.54) is 16.4 Å². The van der Waals surface area contributed by atoms with Crippen LogP contribution in [0.25, 0.3) is 0 Å². The van der Waals surface area contributed by atoms with Gasteiger partial charge in [-0.05, 0) is 68.8 Å². The van der Waals surface area contributed by atoms with Crippen LogP contribution in [0.2, 0.25) is 5.02 Å². The van der Waals surface area contributed by atoms with E-state index in [2.05, 4.69) is 5.32 Å². The third-order valence-electron chi connectivity index (χ3n) is 5.99. The van der Waals surface area contributed by atoms with Gasteiger partial charge in [0.25, 0.3) is 5.91 Å². The largest absolute Gasteiger partial charge is 0.497 e. The van der Waals surface area contributed by atoms with Crippen molar-refractivity contribution in [3.8, 4) is 5.75 Å². The third kappa shape index (κ3) is 6.06. The molecule has 1 amide bonds. The van der Waals surface area contributed by atoms with E-state index >= 15 is 0 Å². The van der Waals surface area contributed by atoms with Crippen LogP contribution in [-0.2, 0) is 10.0 Å². The van der Waals surface area contributed by atoms with Gasteiger partial charge in [0.05, 0.1) is 18.2 Å². The van der Waals surface area contributed by atoms with Crippen molar-refractivity contribution in [2.45, 2.75) is 30.7 Å². The second kappa shape index (κ2) is 10.9. The summed E-state index contributed by atoms with van der Waals surface area (Å²) in [6.07, 6.45) is 1.82. The number of piperidine rings is 1. The van der Waals surface area contributed by atoms with E-state index < -0.39 is 10.0 Å². The summed E-state index contributed by atoms with van der Waals surface area (Å²) in [5.41, 5.74) is 1.25. The van der Waals surface area contributed by atoms with Crippen molar-refractivity contribution < 1.29 is 17.9 Å². The van der Waals surface area contributed by atoms with Gasteiger partial charge in [-0.3, -0.25) is 4.79 Å². The van der Waals surface area contributed by atoms with Crippen LogP contribution in [-0.4, -0.2) is 64.4 Å². The predicted molar refractivity (Wildman–Crippen MR) is 130 cm³/mol. The Morgan fingerprint density at radius 3 is 2.70 bits per heavy atom. The highest BCUT2D eigenvalue weighted by molar-refractivity contribution is 7.89. The molecule has 1 saturated heterocycles. The number of likely N-dealkylation sites (N-methyl/N-ethyl adjacent to an activating group) is 1. The van der Waals surface area contributed by atoms with Crippen LogP contribution >= 0.6 is 11.6 Å². The highest BCUT2D eigenvalue weighted by atomic mass is 35.5. The average Bonchev–Trinajstić information content (AvgIpc) is 2.79. The molecular weight excluding hydrogens is 462 g/mol. The summed E-state index contributed by atoms with van der Waals surface area (Å²) < 4.78 is 33.2. The van der Waals surface area contributed by atoms with Crippen LogP contribution in [0, 0.1) is 5.92 Å². The monoisotopic (exact) mass is 493 g/mol. The van der Waals surface area contributed by atoms with Gasteiger partial charge in [-0.1, -0.05) is 30.7 Å². The van der Waals surface area contributed by atoms with E-state index in [1.807, 2.05) is 50.2 Å². The van der Waals surface area contributed by atoms with E-state index in [0.29, 0.717) is 25.6 Å². The first-order chi connectivity index (χ1) is 15.6. The second-order valence-corrected chi connectivity index (χ2v) is 11.0. The maximum Gasteiger partial charge on any atom is 0.251 e. The maximum absolute atomic E-state index is 13.2. The first-order valence-corrected chi connectivity index (χ1v) is 12.8. The Morgan fingerprint density at radius 2 is 2.03 bits per heavy atom. The van der Waals surface area contributed by atoms with E-state index in [1.54, 1.807) is 13.2 Å². The molecule has 2 unspecified atom stereocenters. The summed E-state index contributed by atoms with van der Waals surface area (Å²) in [4.78, 5) is 14.9. The van der Waals surface area contributed by atoms with Crippen LogP contribution in [0.15, 0.2) is 47.4 Å². The van der Waals surface area contributed by atoms with Crippen LogP contribution in [0.5, 0.6) is 5.75 Å². The lowest BCUT2D eigenvalue weighted by Crippen LogP contribution is -2.39. The summed E-state index contributed by atoms with van der Waals surface area (Å²) in [6.45, 7) is 3.30. The maximum atomic E-state index is 13.2. The van der Waals surface area contributed by atoms with E-state index in [-0.39, 0.29) is 27.4 Å². The molecule has 0 aromatic heterocycles. The summed E-state index contributed by atoms with van der Waals surface area (Å²) in [5, 5.41) is 3.05. The Bertz CT molecular complexity index is 1090. The number of nitrogens with one attached hydrogen (secondary N) is 1. The smallest absolute Gasteiger partial charge is 0.251 e. The van der Waals surface area contributed by atoms with Gasteiger partial charge in [-0.25, -0.2) is 8.42 Å². The Hall–Kier alpha value is -2.13. The first-order valence-electron chi connectivity index (χ1n) is 11.0. The molecule has 0 bridgehead atoms. The standard InChI is InChI=1S/C24H32ClN3O4S/c1-17-7-6-12-28(16-17)33(30,31)23-14-19(10-11-21(23)25)24(29)26-15-22(27(2)3)18-8-5-9-20(13-18)32-4/h5,8-11,13-14,17,22H,6-7,12,15-16H2,1-4H3,(H,26,29). The third-order valence-corrected chi connectivity index (χ3v) is 8.34. The van der Waals surface area contributed by atoms with Crippen molar-refractivity contribution in [1.29, 1.82) is 0 Å². The minimum Gasteiger partial charge on any atom is -0.497 e. The molecule has 33 heavy (non-hydrogen) atoms. The van der Waals surface area contributed by atoms with E-state index in [0.717, 1.165) is 24.2 Å². The van der Waals surface area contributed by atoms with Gasteiger partial charge in [-0.2, -0.15) is 4.31 Å². The van der Waals surface area contributed by atoms with Crippen molar-refractivity contribution in [3.63, 3.8) is 0 Å². The van der Waals surface area contributed by atoms with Crippen molar-refractivity contribution in [1.82, 2.24) is 14.5 Å². The van der Waals surface area contributed by atoms with Crippen LogP contribution < -0.4 is 10.1 Å². The van der Waals surface area contributed by atoms with Gasteiger partial charge in [-0.15, -0.1) is 0 Å². The van der Waals surface area contributed by atoms with Crippen molar-refractivity contribution >= 4 is 27.5 Å². The number of halogens is 1. The fourth-order valence-electron chi connectivity index (χ4n) is 4.08. The first kappa shape index (κ1) is 25.5. The molecule has 180 valence electrons. The number of carbonyl (C=O) groups is 1. The molecule has 3 rings (SSSR count). The molecule has 2 aromatic rings. The van der Waals surface area contributed by atoms with E-state index in [4.69, 9.17) is 16.3 Å². The molecule has 9 heteroatoms. The zero-order valence-corrected chi connectivity index (χ0v) is 21.1. The molecule has 0 aliphatic carbocycles. The number of hydrogen-bond acceptors (Lipinski definition) is 5. The fraction of sp³-hybridized carbons (Fsp3) is 0.458. The van der Waals surface area contributed by atoms with Gasteiger partial charge in [0.15, 0.2) is 0 Å². The average molecular weight is 494 g/mol. The number of ether oxygens (including phenoxy) is 1. The summed E-state index contributed by atoms with van der Waals surface area (Å²) in [7, 11) is 1.70. The number of hydrogen-bond donors (Lipinski definition) is 1. The van der Waals surface area contributed by atoms with E-state index in [9.17, 15) is 13.2 Å². The molecular formula is C24H32ClN3O4S. The Kier molecular flexibility index (Phi) is 8.39. The van der Waals surface area contributed by atoms with Gasteiger partial charge in [0, 0.05) is 25.2 Å². The summed E-state index contributed by atoms with van der Waals surface area (Å²) in [6, 6.07) is 12.0. The number of rotatable bonds is 8. The molecule has 2 atom stereocenters. The molecule has 1 heterocycles. The minimum atomic E-state index is -3.78. The van der Waals surface area contributed by atoms with Crippen molar-refractivity contribution in [3.05, 3.63) is 58.6 Å². The lowest BCUT2D eigenvalue weighted by atomic mass is 10.0. The number of amides is 1. The molecule has 1 fully saturated rings. The quantitative estimate of drug-likeness (QED) is 0.605. The van der Waals surface area contributed by atoms with Crippen LogP contribution in [0.1, 0.15) is 41.7 Å². The number of nitrogens with zero attached hydrogens (tertiary/aromatic N) is 2. The fourth-order valence-corrected chi connectivity index (χ4v) is 6.18. The van der Waals surface area contributed by atoms with Crippen LogP contribution in [0.3, 0.4) is 0 Å². The summed E-state index contributed by atoms with van der Waals surface area (Å²) >= 11 is 6.26. The van der Waals surface area contributed by atoms with Gasteiger partial charge >= 0.3 is 0 Å². The normalized spacial score (nSPS) is 18.2. The number of sulfonamides is 1. The Balaban J connectivity index is 1.78. The lowest BCUT2D eigenvalue weighted by molar-refractivity contribution is 0.0941.